The van der Waals surface area contributed by atoms with Gasteiger partial charge in [-0.1, -0.05) is 24.6 Å². The van der Waals surface area contributed by atoms with E-state index in [1.807, 2.05) is 24.3 Å². The molecule has 0 radical (unpaired) electrons. The van der Waals surface area contributed by atoms with Crippen LogP contribution in [0, 0.1) is 0 Å². The molecule has 0 bridgehead atoms. The van der Waals surface area contributed by atoms with E-state index in [1.54, 1.807) is 11.0 Å². The fourth-order valence-corrected chi connectivity index (χ4v) is 3.58. The second-order valence-electron chi connectivity index (χ2n) is 7.44. The molecule has 27 heavy (non-hydrogen) atoms. The molecule has 4 rings (SSSR count). The van der Waals surface area contributed by atoms with Gasteiger partial charge in [0.25, 0.3) is 5.56 Å². The average molecular weight is 370 g/mol. The number of H-pyrrole nitrogens is 1. The number of hydrogen-bond acceptors (Lipinski definition) is 3. The van der Waals surface area contributed by atoms with Gasteiger partial charge in [0, 0.05) is 24.0 Å². The van der Waals surface area contributed by atoms with Crippen LogP contribution in [0.5, 0.6) is 0 Å². The molecule has 1 aromatic heterocycles. The molecule has 2 saturated heterocycles. The van der Waals surface area contributed by atoms with Crippen LogP contribution in [0.4, 0.5) is 10.5 Å². The molecule has 2 fully saturated rings. The number of para-hydroxylation sites is 1. The number of hydrogen-bond donors (Lipinski definition) is 2. The molecule has 0 aliphatic carbocycles. The van der Waals surface area contributed by atoms with Gasteiger partial charge in [0.2, 0.25) is 0 Å². The fourth-order valence-electron chi connectivity index (χ4n) is 3.58. The topological polar surface area (TPSA) is 68.4 Å². The molecule has 6 nitrogen and oxygen atoms in total. The lowest BCUT2D eigenvalue weighted by atomic mass is 10.1. The Bertz CT molecular complexity index is 805. The summed E-state index contributed by atoms with van der Waals surface area (Å²) in [5, 5.41) is 3.62. The molecule has 2 aliphatic rings. The van der Waals surface area contributed by atoms with Crippen LogP contribution in [0.3, 0.4) is 0 Å². The molecule has 0 atom stereocenters. The number of aromatic nitrogens is 1. The number of piperidine rings is 2. The lowest BCUT2D eigenvalue weighted by molar-refractivity contribution is 0.200. The Balaban J connectivity index is 0.000000253. The molecule has 3 heterocycles. The first kappa shape index (κ1) is 19.4. The molecule has 0 saturated carbocycles. The monoisotopic (exact) mass is 370 g/mol. The number of nitrogens with zero attached hydrogens (tertiary/aromatic N) is 2. The fraction of sp³-hybridized carbons (Fsp3) is 0.524. The van der Waals surface area contributed by atoms with Crippen molar-refractivity contribution < 1.29 is 4.79 Å². The molecule has 2 aliphatic heterocycles. The molecular formula is C21H30N4O2. The highest BCUT2D eigenvalue weighted by Crippen LogP contribution is 2.14. The number of amides is 2. The van der Waals surface area contributed by atoms with E-state index in [0.29, 0.717) is 5.69 Å². The molecule has 1 aromatic carbocycles. The molecule has 2 aromatic rings. The molecule has 2 amide bonds. The first-order valence-corrected chi connectivity index (χ1v) is 10.00. The second kappa shape index (κ2) is 9.55. The number of likely N-dealkylation sites (tertiary alicyclic amines) is 2. The summed E-state index contributed by atoms with van der Waals surface area (Å²) >= 11 is 0. The van der Waals surface area contributed by atoms with Crippen LogP contribution < -0.4 is 10.9 Å². The van der Waals surface area contributed by atoms with Crippen molar-refractivity contribution in [1.29, 1.82) is 0 Å². The summed E-state index contributed by atoms with van der Waals surface area (Å²) in [6.45, 7) is 4.16. The first-order valence-electron chi connectivity index (χ1n) is 10.00. The predicted octanol–water partition coefficient (Wildman–Crippen LogP) is 3.65. The minimum atomic E-state index is -0.269. The Labute approximate surface area is 160 Å². The highest BCUT2D eigenvalue weighted by molar-refractivity contribution is 5.92. The zero-order chi connectivity index (χ0) is 19.1. The van der Waals surface area contributed by atoms with E-state index in [2.05, 4.69) is 22.2 Å². The lowest BCUT2D eigenvalue weighted by Gasteiger charge is -2.26. The van der Waals surface area contributed by atoms with Crippen LogP contribution in [0.15, 0.2) is 35.1 Å². The summed E-state index contributed by atoms with van der Waals surface area (Å²) in [5.41, 5.74) is 0.807. The highest BCUT2D eigenvalue weighted by atomic mass is 16.2. The molecule has 2 N–H and O–H groups in total. The van der Waals surface area contributed by atoms with Gasteiger partial charge >= 0.3 is 6.03 Å². The summed E-state index contributed by atoms with van der Waals surface area (Å²) in [5.74, 6) is 0. The molecule has 6 heteroatoms. The number of carbonyl (C=O) groups is 1. The first-order chi connectivity index (χ1) is 13.1. The summed E-state index contributed by atoms with van der Waals surface area (Å²) in [6, 6.07) is 9.04. The minimum absolute atomic E-state index is 0.189. The highest BCUT2D eigenvalue weighted by Gasteiger charge is 2.17. The van der Waals surface area contributed by atoms with E-state index >= 15 is 0 Å². The average Bonchev–Trinajstić information content (AvgIpc) is 2.70. The number of rotatable bonds is 1. The van der Waals surface area contributed by atoms with Crippen molar-refractivity contribution in [3.05, 3.63) is 40.7 Å². The van der Waals surface area contributed by atoms with Crippen LogP contribution in [-0.2, 0) is 0 Å². The summed E-state index contributed by atoms with van der Waals surface area (Å²) in [7, 11) is 2.19. The van der Waals surface area contributed by atoms with Gasteiger partial charge in [0.15, 0.2) is 0 Å². The second-order valence-corrected chi connectivity index (χ2v) is 7.44. The van der Waals surface area contributed by atoms with Crippen molar-refractivity contribution in [1.82, 2.24) is 14.8 Å². The van der Waals surface area contributed by atoms with Gasteiger partial charge < -0.3 is 20.1 Å². The van der Waals surface area contributed by atoms with Crippen molar-refractivity contribution in [3.63, 3.8) is 0 Å². The normalized spacial score (nSPS) is 17.9. The van der Waals surface area contributed by atoms with Gasteiger partial charge in [-0.25, -0.2) is 4.79 Å². The standard InChI is InChI=1S/C15H17N3O2.C6H13N/c19-14-13(10-11-6-2-3-7-12(11)16-14)17-15(20)18-8-4-1-5-9-18;1-7-5-3-2-4-6-7/h2-3,6-7,10H,1,4-5,8-9H2,(H,16,19)(H,17,20);2-6H2,1H3. The number of aromatic amines is 1. The van der Waals surface area contributed by atoms with Gasteiger partial charge in [-0.3, -0.25) is 4.79 Å². The zero-order valence-electron chi connectivity index (χ0n) is 16.2. The molecule has 0 spiro atoms. The summed E-state index contributed by atoms with van der Waals surface area (Å²) in [6.07, 6.45) is 7.50. The van der Waals surface area contributed by atoms with Gasteiger partial charge in [-0.2, -0.15) is 0 Å². The number of carbonyl (C=O) groups excluding carboxylic acids is 1. The van der Waals surface area contributed by atoms with E-state index in [4.69, 9.17) is 0 Å². The third-order valence-electron chi connectivity index (χ3n) is 5.22. The number of benzene rings is 1. The maximum atomic E-state index is 12.1. The largest absolute Gasteiger partial charge is 0.325 e. The van der Waals surface area contributed by atoms with E-state index in [0.717, 1.165) is 36.8 Å². The van der Waals surface area contributed by atoms with Gasteiger partial charge in [0.1, 0.15) is 5.69 Å². The van der Waals surface area contributed by atoms with Crippen LogP contribution in [0.2, 0.25) is 0 Å². The number of anilines is 1. The summed E-state index contributed by atoms with van der Waals surface area (Å²) in [4.78, 5) is 31.0. The molecular weight excluding hydrogens is 340 g/mol. The third kappa shape index (κ3) is 5.57. The van der Waals surface area contributed by atoms with Crippen molar-refractivity contribution in [2.75, 3.05) is 38.5 Å². The smallest absolute Gasteiger partial charge is 0.321 e. The van der Waals surface area contributed by atoms with Crippen molar-refractivity contribution in [2.24, 2.45) is 0 Å². The third-order valence-corrected chi connectivity index (χ3v) is 5.22. The van der Waals surface area contributed by atoms with E-state index in [-0.39, 0.29) is 11.6 Å². The SMILES string of the molecule is CN1CCCCC1.O=C(Nc1cc2ccccc2[nH]c1=O)N1CCCCC1. The Kier molecular flexibility index (Phi) is 6.87. The van der Waals surface area contributed by atoms with Gasteiger partial charge in [0.05, 0.1) is 0 Å². The van der Waals surface area contributed by atoms with E-state index < -0.39 is 0 Å². The number of fused-ring (bicyclic) bond motifs is 1. The maximum absolute atomic E-state index is 12.1. The number of urea groups is 1. The Morgan fingerprint density at radius 2 is 1.59 bits per heavy atom. The Morgan fingerprint density at radius 1 is 0.963 bits per heavy atom. The van der Waals surface area contributed by atoms with Gasteiger partial charge in [-0.15, -0.1) is 0 Å². The minimum Gasteiger partial charge on any atom is -0.325 e. The summed E-state index contributed by atoms with van der Waals surface area (Å²) < 4.78 is 0. The van der Waals surface area contributed by atoms with Crippen LogP contribution >= 0.6 is 0 Å². The number of nitrogens with one attached hydrogen (secondary N) is 2. The lowest BCUT2D eigenvalue weighted by Crippen LogP contribution is -2.39. The van der Waals surface area contributed by atoms with E-state index in [9.17, 15) is 9.59 Å². The zero-order valence-corrected chi connectivity index (χ0v) is 16.2. The van der Waals surface area contributed by atoms with Crippen LogP contribution in [-0.4, -0.2) is 54.0 Å². The molecule has 146 valence electrons. The maximum Gasteiger partial charge on any atom is 0.321 e. The van der Waals surface area contributed by atoms with Crippen molar-refractivity contribution in [3.8, 4) is 0 Å². The van der Waals surface area contributed by atoms with E-state index in [1.165, 1.54) is 38.8 Å². The Hall–Kier alpha value is -2.34. The van der Waals surface area contributed by atoms with Gasteiger partial charge in [-0.05, 0) is 64.4 Å². The quantitative estimate of drug-likeness (QED) is 0.805. The molecule has 0 unspecified atom stereocenters. The van der Waals surface area contributed by atoms with Crippen LogP contribution in [0.25, 0.3) is 10.9 Å². The van der Waals surface area contributed by atoms with Crippen molar-refractivity contribution >= 4 is 22.6 Å². The van der Waals surface area contributed by atoms with Crippen molar-refractivity contribution in [2.45, 2.75) is 38.5 Å². The van der Waals surface area contributed by atoms with Crippen LogP contribution in [0.1, 0.15) is 38.5 Å². The predicted molar refractivity (Wildman–Crippen MR) is 110 cm³/mol. The number of pyridine rings is 1. The Morgan fingerprint density at radius 3 is 2.22 bits per heavy atom.